The standard InChI is InChI=1S/C15H27N3O3/c1-6-16-12-10-14(18-13(17-12)11-20-7-2)21-9-8-15(3,4)19-5/h10H,6-9,11H2,1-5H3,(H,16,17,18). The summed E-state index contributed by atoms with van der Waals surface area (Å²) in [5, 5.41) is 3.17. The molecule has 1 N–H and O–H groups in total. The first-order chi connectivity index (χ1) is 10.0. The maximum absolute atomic E-state index is 5.72. The number of methoxy groups -OCH3 is 1. The second-order valence-corrected chi connectivity index (χ2v) is 5.24. The number of hydrogen-bond donors (Lipinski definition) is 1. The van der Waals surface area contributed by atoms with Gasteiger partial charge in [-0.05, 0) is 27.7 Å². The van der Waals surface area contributed by atoms with Crippen molar-refractivity contribution in [1.29, 1.82) is 0 Å². The summed E-state index contributed by atoms with van der Waals surface area (Å²) in [6.45, 7) is 10.4. The van der Waals surface area contributed by atoms with Crippen molar-refractivity contribution in [1.82, 2.24) is 9.97 Å². The van der Waals surface area contributed by atoms with Gasteiger partial charge in [-0.25, -0.2) is 4.98 Å². The zero-order chi connectivity index (χ0) is 15.7. The Balaban J connectivity index is 2.68. The van der Waals surface area contributed by atoms with Crippen LogP contribution in [0.25, 0.3) is 0 Å². The van der Waals surface area contributed by atoms with E-state index in [4.69, 9.17) is 14.2 Å². The van der Waals surface area contributed by atoms with Crippen molar-refractivity contribution in [3.63, 3.8) is 0 Å². The fourth-order valence-electron chi connectivity index (χ4n) is 1.58. The number of anilines is 1. The first-order valence-electron chi connectivity index (χ1n) is 7.38. The van der Waals surface area contributed by atoms with Crippen LogP contribution in [0.5, 0.6) is 5.88 Å². The van der Waals surface area contributed by atoms with Crippen LogP contribution in [0.2, 0.25) is 0 Å². The van der Waals surface area contributed by atoms with Gasteiger partial charge in [0.2, 0.25) is 5.88 Å². The topological polar surface area (TPSA) is 65.5 Å². The SMILES string of the molecule is CCNc1cc(OCCC(C)(C)OC)nc(COCC)n1. The van der Waals surface area contributed by atoms with E-state index >= 15 is 0 Å². The lowest BCUT2D eigenvalue weighted by Crippen LogP contribution is -2.25. The highest BCUT2D eigenvalue weighted by atomic mass is 16.5. The van der Waals surface area contributed by atoms with Crippen LogP contribution in [0.4, 0.5) is 5.82 Å². The minimum atomic E-state index is -0.203. The molecule has 0 aromatic carbocycles. The minimum Gasteiger partial charge on any atom is -0.477 e. The van der Waals surface area contributed by atoms with Crippen LogP contribution in [0.3, 0.4) is 0 Å². The second-order valence-electron chi connectivity index (χ2n) is 5.24. The Labute approximate surface area is 127 Å². The molecule has 0 aliphatic rings. The highest BCUT2D eigenvalue weighted by Gasteiger charge is 2.16. The van der Waals surface area contributed by atoms with Gasteiger partial charge in [0.25, 0.3) is 0 Å². The average molecular weight is 297 g/mol. The molecule has 0 saturated carbocycles. The summed E-state index contributed by atoms with van der Waals surface area (Å²) in [7, 11) is 1.70. The lowest BCUT2D eigenvalue weighted by molar-refractivity contribution is 0.00502. The predicted molar refractivity (Wildman–Crippen MR) is 82.7 cm³/mol. The van der Waals surface area contributed by atoms with Crippen LogP contribution in [-0.2, 0) is 16.1 Å². The van der Waals surface area contributed by atoms with Gasteiger partial charge in [-0.2, -0.15) is 4.98 Å². The third-order valence-corrected chi connectivity index (χ3v) is 3.05. The highest BCUT2D eigenvalue weighted by Crippen LogP contribution is 2.17. The van der Waals surface area contributed by atoms with Gasteiger partial charge in [-0.3, -0.25) is 0 Å². The molecule has 0 radical (unpaired) electrons. The summed E-state index contributed by atoms with van der Waals surface area (Å²) >= 11 is 0. The molecule has 120 valence electrons. The van der Waals surface area contributed by atoms with E-state index in [-0.39, 0.29) is 5.60 Å². The van der Waals surface area contributed by atoms with Crippen LogP contribution < -0.4 is 10.1 Å². The zero-order valence-corrected chi connectivity index (χ0v) is 13.7. The second kappa shape index (κ2) is 8.79. The first-order valence-corrected chi connectivity index (χ1v) is 7.38. The maximum Gasteiger partial charge on any atom is 0.218 e. The van der Waals surface area contributed by atoms with E-state index in [9.17, 15) is 0 Å². The molecule has 1 heterocycles. The minimum absolute atomic E-state index is 0.203. The summed E-state index contributed by atoms with van der Waals surface area (Å²) in [6.07, 6.45) is 0.783. The number of nitrogens with one attached hydrogen (secondary N) is 1. The molecule has 1 aromatic rings. The van der Waals surface area contributed by atoms with E-state index in [1.807, 2.05) is 27.7 Å². The number of ether oxygens (including phenoxy) is 3. The van der Waals surface area contributed by atoms with Gasteiger partial charge >= 0.3 is 0 Å². The Kier molecular flexibility index (Phi) is 7.39. The predicted octanol–water partition coefficient (Wildman–Crippen LogP) is 2.64. The third kappa shape index (κ3) is 6.73. The smallest absolute Gasteiger partial charge is 0.218 e. The van der Waals surface area contributed by atoms with Crippen LogP contribution in [0, 0.1) is 0 Å². The monoisotopic (exact) mass is 297 g/mol. The van der Waals surface area contributed by atoms with Gasteiger partial charge in [-0.15, -0.1) is 0 Å². The lowest BCUT2D eigenvalue weighted by atomic mass is 10.1. The van der Waals surface area contributed by atoms with Crippen LogP contribution in [0.1, 0.15) is 39.9 Å². The molecule has 0 aliphatic heterocycles. The quantitative estimate of drug-likeness (QED) is 0.716. The van der Waals surface area contributed by atoms with E-state index in [1.165, 1.54) is 0 Å². The summed E-state index contributed by atoms with van der Waals surface area (Å²) in [5.74, 6) is 1.93. The molecule has 0 unspecified atom stereocenters. The molecule has 0 spiro atoms. The molecule has 1 aromatic heterocycles. The van der Waals surface area contributed by atoms with Crippen molar-refractivity contribution in [2.75, 3.05) is 32.2 Å². The van der Waals surface area contributed by atoms with Crippen molar-refractivity contribution in [3.8, 4) is 5.88 Å². The summed E-state index contributed by atoms with van der Waals surface area (Å²) in [6, 6.07) is 1.80. The van der Waals surface area contributed by atoms with Gasteiger partial charge in [0, 0.05) is 32.7 Å². The third-order valence-electron chi connectivity index (χ3n) is 3.05. The summed E-state index contributed by atoms with van der Waals surface area (Å²) in [5.41, 5.74) is -0.203. The van der Waals surface area contributed by atoms with Crippen molar-refractivity contribution in [2.45, 2.75) is 46.3 Å². The molecule has 0 aliphatic carbocycles. The average Bonchev–Trinajstić information content (AvgIpc) is 2.45. The molecule has 0 fully saturated rings. The normalized spacial score (nSPS) is 11.5. The van der Waals surface area contributed by atoms with Gasteiger partial charge < -0.3 is 19.5 Å². The van der Waals surface area contributed by atoms with Crippen molar-refractivity contribution in [3.05, 3.63) is 11.9 Å². The van der Waals surface area contributed by atoms with E-state index in [0.717, 1.165) is 18.8 Å². The van der Waals surface area contributed by atoms with Crippen LogP contribution in [0.15, 0.2) is 6.07 Å². The van der Waals surface area contributed by atoms with E-state index in [1.54, 1.807) is 13.2 Å². The zero-order valence-electron chi connectivity index (χ0n) is 13.7. The molecule has 0 atom stereocenters. The Bertz CT molecular complexity index is 425. The highest BCUT2D eigenvalue weighted by molar-refractivity contribution is 5.38. The molecular weight excluding hydrogens is 270 g/mol. The van der Waals surface area contributed by atoms with E-state index in [0.29, 0.717) is 31.5 Å². The van der Waals surface area contributed by atoms with Gasteiger partial charge in [0.15, 0.2) is 5.82 Å². The molecule has 6 heteroatoms. The molecule has 0 bridgehead atoms. The molecule has 0 saturated heterocycles. The number of rotatable bonds is 10. The molecule has 21 heavy (non-hydrogen) atoms. The van der Waals surface area contributed by atoms with Crippen molar-refractivity contribution >= 4 is 5.82 Å². The fourth-order valence-corrected chi connectivity index (χ4v) is 1.58. The number of hydrogen-bond acceptors (Lipinski definition) is 6. The summed E-state index contributed by atoms with van der Waals surface area (Å²) in [4.78, 5) is 8.74. The van der Waals surface area contributed by atoms with Gasteiger partial charge in [0.1, 0.15) is 12.4 Å². The summed E-state index contributed by atoms with van der Waals surface area (Å²) < 4.78 is 16.4. The molecule has 0 amide bonds. The van der Waals surface area contributed by atoms with Crippen molar-refractivity contribution < 1.29 is 14.2 Å². The largest absolute Gasteiger partial charge is 0.477 e. The van der Waals surface area contributed by atoms with Crippen LogP contribution >= 0.6 is 0 Å². The lowest BCUT2D eigenvalue weighted by Gasteiger charge is -2.22. The fraction of sp³-hybridized carbons (Fsp3) is 0.733. The maximum atomic E-state index is 5.72. The van der Waals surface area contributed by atoms with Gasteiger partial charge in [-0.1, -0.05) is 0 Å². The number of nitrogens with zero attached hydrogens (tertiary/aromatic N) is 2. The Morgan fingerprint density at radius 3 is 2.62 bits per heavy atom. The number of aromatic nitrogens is 2. The molecule has 6 nitrogen and oxygen atoms in total. The Morgan fingerprint density at radius 2 is 2.00 bits per heavy atom. The van der Waals surface area contributed by atoms with Gasteiger partial charge in [0.05, 0.1) is 12.2 Å². The molecular formula is C15H27N3O3. The Hall–Kier alpha value is -1.40. The van der Waals surface area contributed by atoms with E-state index in [2.05, 4.69) is 15.3 Å². The van der Waals surface area contributed by atoms with E-state index < -0.39 is 0 Å². The van der Waals surface area contributed by atoms with Crippen molar-refractivity contribution in [2.24, 2.45) is 0 Å². The van der Waals surface area contributed by atoms with Crippen LogP contribution in [-0.4, -0.2) is 42.4 Å². The molecule has 1 rings (SSSR count). The Morgan fingerprint density at radius 1 is 1.24 bits per heavy atom. The first kappa shape index (κ1) is 17.7.